The molecule has 2 aromatic rings. The zero-order valence-electron chi connectivity index (χ0n) is 11.9. The Labute approximate surface area is 127 Å². The van der Waals surface area contributed by atoms with Crippen molar-refractivity contribution in [1.29, 1.82) is 0 Å². The number of hydrogen-bond donors (Lipinski definition) is 1. The monoisotopic (exact) mass is 305 g/mol. The van der Waals surface area contributed by atoms with Crippen molar-refractivity contribution in [1.82, 2.24) is 9.97 Å². The third-order valence-corrected chi connectivity index (χ3v) is 5.42. The molecule has 4 heterocycles. The molecule has 0 bridgehead atoms. The summed E-state index contributed by atoms with van der Waals surface area (Å²) >= 11 is 1.64. The lowest BCUT2D eigenvalue weighted by atomic mass is 9.78. The van der Waals surface area contributed by atoms with Crippen LogP contribution in [0, 0.1) is 5.41 Å². The summed E-state index contributed by atoms with van der Waals surface area (Å²) in [6.45, 7) is 3.45. The number of hydrogen-bond acceptors (Lipinski definition) is 6. The molecule has 4 rings (SSSR count). The molecule has 21 heavy (non-hydrogen) atoms. The fourth-order valence-electron chi connectivity index (χ4n) is 3.32. The molecule has 2 fully saturated rings. The lowest BCUT2D eigenvalue weighted by Gasteiger charge is -2.31. The van der Waals surface area contributed by atoms with Crippen LogP contribution in [0.15, 0.2) is 17.8 Å². The molecule has 1 unspecified atom stereocenters. The quantitative estimate of drug-likeness (QED) is 0.945. The van der Waals surface area contributed by atoms with E-state index in [4.69, 9.17) is 9.47 Å². The van der Waals surface area contributed by atoms with Gasteiger partial charge in [0.25, 0.3) is 0 Å². The fourth-order valence-corrected chi connectivity index (χ4v) is 4.05. The number of aromatic nitrogens is 2. The van der Waals surface area contributed by atoms with Crippen LogP contribution in [0.1, 0.15) is 19.3 Å². The van der Waals surface area contributed by atoms with Crippen molar-refractivity contribution in [2.24, 2.45) is 5.41 Å². The molecule has 1 N–H and O–H groups in total. The van der Waals surface area contributed by atoms with Crippen molar-refractivity contribution in [3.05, 3.63) is 17.8 Å². The Kier molecular flexibility index (Phi) is 3.52. The van der Waals surface area contributed by atoms with Gasteiger partial charge in [0.15, 0.2) is 0 Å². The Hall–Kier alpha value is -1.24. The summed E-state index contributed by atoms with van der Waals surface area (Å²) in [4.78, 5) is 9.65. The number of ether oxygens (including phenoxy) is 2. The molecule has 5 nitrogen and oxygen atoms in total. The SMILES string of the molecule is c1nc(NCC2CC3(CCOCC3)CO2)c2ccsc2n1. The minimum atomic E-state index is 0.270. The standard InChI is InChI=1S/C15H19N3O2S/c1-6-21-14-12(1)13(17-10-18-14)16-8-11-7-15(9-20-11)2-4-19-5-3-15/h1,6,10-11H,2-5,7-9H2,(H,16,17,18). The Morgan fingerprint density at radius 3 is 3.14 bits per heavy atom. The molecule has 2 aliphatic rings. The number of fused-ring (bicyclic) bond motifs is 1. The van der Waals surface area contributed by atoms with Gasteiger partial charge in [0.1, 0.15) is 17.0 Å². The molecule has 2 saturated heterocycles. The molecule has 0 aromatic carbocycles. The van der Waals surface area contributed by atoms with Crippen molar-refractivity contribution >= 4 is 27.4 Å². The first-order chi connectivity index (χ1) is 10.3. The number of anilines is 1. The topological polar surface area (TPSA) is 56.3 Å². The van der Waals surface area contributed by atoms with E-state index in [0.29, 0.717) is 5.41 Å². The van der Waals surface area contributed by atoms with E-state index in [9.17, 15) is 0 Å². The summed E-state index contributed by atoms with van der Waals surface area (Å²) in [6.07, 6.45) is 5.28. The summed E-state index contributed by atoms with van der Waals surface area (Å²) in [7, 11) is 0. The first kappa shape index (κ1) is 13.4. The molecule has 1 spiro atoms. The van der Waals surface area contributed by atoms with E-state index in [1.54, 1.807) is 17.7 Å². The van der Waals surface area contributed by atoms with Gasteiger partial charge >= 0.3 is 0 Å². The predicted molar refractivity (Wildman–Crippen MR) is 82.7 cm³/mol. The van der Waals surface area contributed by atoms with E-state index in [0.717, 1.165) is 61.7 Å². The summed E-state index contributed by atoms with van der Waals surface area (Å²) in [5, 5.41) is 6.58. The Bertz CT molecular complexity index is 624. The second-order valence-electron chi connectivity index (χ2n) is 5.99. The number of nitrogens with one attached hydrogen (secondary N) is 1. The van der Waals surface area contributed by atoms with Gasteiger partial charge in [0, 0.05) is 25.2 Å². The van der Waals surface area contributed by atoms with Gasteiger partial charge in [-0.2, -0.15) is 0 Å². The van der Waals surface area contributed by atoms with Crippen LogP contribution in [0.2, 0.25) is 0 Å². The highest BCUT2D eigenvalue weighted by Crippen LogP contribution is 2.41. The first-order valence-corrected chi connectivity index (χ1v) is 8.34. The fraction of sp³-hybridized carbons (Fsp3) is 0.600. The summed E-state index contributed by atoms with van der Waals surface area (Å²) in [5.74, 6) is 0.915. The maximum absolute atomic E-state index is 6.00. The van der Waals surface area contributed by atoms with Gasteiger partial charge in [-0.25, -0.2) is 9.97 Å². The molecular formula is C15H19N3O2S. The minimum absolute atomic E-state index is 0.270. The summed E-state index contributed by atoms with van der Waals surface area (Å²) in [5.41, 5.74) is 0.355. The maximum atomic E-state index is 6.00. The van der Waals surface area contributed by atoms with Gasteiger partial charge in [0.2, 0.25) is 0 Å². The third kappa shape index (κ3) is 2.63. The molecule has 0 amide bonds. The van der Waals surface area contributed by atoms with E-state index >= 15 is 0 Å². The van der Waals surface area contributed by atoms with Gasteiger partial charge < -0.3 is 14.8 Å². The Morgan fingerprint density at radius 2 is 2.24 bits per heavy atom. The Morgan fingerprint density at radius 1 is 1.33 bits per heavy atom. The zero-order valence-corrected chi connectivity index (χ0v) is 12.7. The highest BCUT2D eigenvalue weighted by Gasteiger charge is 2.41. The highest BCUT2D eigenvalue weighted by molar-refractivity contribution is 7.16. The average molecular weight is 305 g/mol. The van der Waals surface area contributed by atoms with E-state index in [1.165, 1.54) is 0 Å². The lowest BCUT2D eigenvalue weighted by Crippen LogP contribution is -2.30. The normalized spacial score (nSPS) is 24.7. The van der Waals surface area contributed by atoms with Crippen LogP contribution in [0.5, 0.6) is 0 Å². The van der Waals surface area contributed by atoms with Crippen molar-refractivity contribution in [3.8, 4) is 0 Å². The largest absolute Gasteiger partial charge is 0.381 e. The molecular weight excluding hydrogens is 286 g/mol. The van der Waals surface area contributed by atoms with Gasteiger partial charge in [-0.15, -0.1) is 11.3 Å². The summed E-state index contributed by atoms with van der Waals surface area (Å²) < 4.78 is 11.5. The molecule has 0 aliphatic carbocycles. The van der Waals surface area contributed by atoms with E-state index in [1.807, 2.05) is 5.38 Å². The van der Waals surface area contributed by atoms with Gasteiger partial charge in [0.05, 0.1) is 18.1 Å². The van der Waals surface area contributed by atoms with E-state index in [2.05, 4.69) is 21.4 Å². The molecule has 6 heteroatoms. The van der Waals surface area contributed by atoms with E-state index < -0.39 is 0 Å². The van der Waals surface area contributed by atoms with Crippen LogP contribution in [-0.2, 0) is 9.47 Å². The minimum Gasteiger partial charge on any atom is -0.381 e. The zero-order chi connectivity index (χ0) is 14.1. The predicted octanol–water partition coefficient (Wildman–Crippen LogP) is 2.69. The second kappa shape index (κ2) is 5.51. The lowest BCUT2D eigenvalue weighted by molar-refractivity contribution is 0.00731. The average Bonchev–Trinajstić information content (AvgIpc) is 3.13. The number of thiophene rings is 1. The maximum Gasteiger partial charge on any atom is 0.138 e. The molecule has 0 saturated carbocycles. The second-order valence-corrected chi connectivity index (χ2v) is 6.89. The number of nitrogens with zero attached hydrogens (tertiary/aromatic N) is 2. The molecule has 0 radical (unpaired) electrons. The van der Waals surface area contributed by atoms with Crippen LogP contribution in [0.4, 0.5) is 5.82 Å². The van der Waals surface area contributed by atoms with Crippen molar-refractivity contribution in [3.63, 3.8) is 0 Å². The molecule has 2 aromatic heterocycles. The molecule has 2 aliphatic heterocycles. The van der Waals surface area contributed by atoms with Crippen LogP contribution in [0.3, 0.4) is 0 Å². The third-order valence-electron chi connectivity index (χ3n) is 4.60. The van der Waals surface area contributed by atoms with Crippen LogP contribution >= 0.6 is 11.3 Å². The highest BCUT2D eigenvalue weighted by atomic mass is 32.1. The first-order valence-electron chi connectivity index (χ1n) is 7.46. The van der Waals surface area contributed by atoms with Gasteiger partial charge in [-0.05, 0) is 30.7 Å². The van der Waals surface area contributed by atoms with Crippen LogP contribution < -0.4 is 5.32 Å². The number of rotatable bonds is 3. The smallest absolute Gasteiger partial charge is 0.138 e. The van der Waals surface area contributed by atoms with Gasteiger partial charge in [-0.3, -0.25) is 0 Å². The molecule has 112 valence electrons. The van der Waals surface area contributed by atoms with Crippen molar-refractivity contribution in [2.45, 2.75) is 25.4 Å². The van der Waals surface area contributed by atoms with Crippen LogP contribution in [-0.4, -0.2) is 42.4 Å². The van der Waals surface area contributed by atoms with E-state index in [-0.39, 0.29) is 6.10 Å². The van der Waals surface area contributed by atoms with Gasteiger partial charge in [-0.1, -0.05) is 0 Å². The van der Waals surface area contributed by atoms with Crippen molar-refractivity contribution in [2.75, 3.05) is 31.7 Å². The molecule has 1 atom stereocenters. The summed E-state index contributed by atoms with van der Waals surface area (Å²) in [6, 6.07) is 2.07. The van der Waals surface area contributed by atoms with Crippen LogP contribution in [0.25, 0.3) is 10.2 Å². The Balaban J connectivity index is 1.40. The van der Waals surface area contributed by atoms with Crippen molar-refractivity contribution < 1.29 is 9.47 Å².